The summed E-state index contributed by atoms with van der Waals surface area (Å²) in [6.07, 6.45) is 3.80. The molecule has 2 N–H and O–H groups in total. The van der Waals surface area contributed by atoms with E-state index in [4.69, 9.17) is 0 Å². The second-order valence-electron chi connectivity index (χ2n) is 6.04. The van der Waals surface area contributed by atoms with Gasteiger partial charge in [-0.15, -0.1) is 0 Å². The van der Waals surface area contributed by atoms with E-state index >= 15 is 0 Å². The van der Waals surface area contributed by atoms with Crippen molar-refractivity contribution in [3.8, 4) is 0 Å². The van der Waals surface area contributed by atoms with Crippen molar-refractivity contribution in [3.63, 3.8) is 0 Å². The summed E-state index contributed by atoms with van der Waals surface area (Å²) < 4.78 is 27.2. The van der Waals surface area contributed by atoms with E-state index in [0.717, 1.165) is 38.8 Å². The molecule has 1 aliphatic heterocycles. The molecule has 1 heterocycles. The van der Waals surface area contributed by atoms with Crippen molar-refractivity contribution in [1.29, 1.82) is 0 Å². The van der Waals surface area contributed by atoms with Gasteiger partial charge in [0.1, 0.15) is 0 Å². The third-order valence-electron chi connectivity index (χ3n) is 3.94. The first-order valence-electron chi connectivity index (χ1n) is 7.80. The Hall–Kier alpha value is -0.910. The van der Waals surface area contributed by atoms with E-state index in [1.165, 1.54) is 5.56 Å². The topological polar surface area (TPSA) is 58.2 Å². The van der Waals surface area contributed by atoms with Crippen LogP contribution in [0.5, 0.6) is 0 Å². The number of hydrogen-bond acceptors (Lipinski definition) is 3. The number of rotatable bonds is 7. The molecule has 21 heavy (non-hydrogen) atoms. The fourth-order valence-electron chi connectivity index (χ4n) is 2.82. The van der Waals surface area contributed by atoms with Crippen LogP contribution in [0, 0.1) is 5.92 Å². The Labute approximate surface area is 128 Å². The molecule has 0 aliphatic carbocycles. The van der Waals surface area contributed by atoms with Gasteiger partial charge < -0.3 is 5.32 Å². The molecule has 5 heteroatoms. The van der Waals surface area contributed by atoms with E-state index in [9.17, 15) is 8.42 Å². The second kappa shape index (κ2) is 7.92. The number of piperidine rings is 1. The van der Waals surface area contributed by atoms with Gasteiger partial charge in [-0.05, 0) is 57.2 Å². The van der Waals surface area contributed by atoms with Crippen LogP contribution in [0.25, 0.3) is 0 Å². The van der Waals surface area contributed by atoms with Gasteiger partial charge in [0.2, 0.25) is 10.0 Å². The Kier molecular flexibility index (Phi) is 6.21. The summed E-state index contributed by atoms with van der Waals surface area (Å²) in [6.45, 7) is 3.77. The lowest BCUT2D eigenvalue weighted by Crippen LogP contribution is -2.40. The summed E-state index contributed by atoms with van der Waals surface area (Å²) in [7, 11) is -3.17. The van der Waals surface area contributed by atoms with Gasteiger partial charge in [0, 0.05) is 6.04 Å². The first-order chi connectivity index (χ1) is 10.1. The van der Waals surface area contributed by atoms with Crippen LogP contribution in [0.3, 0.4) is 0 Å². The average molecular weight is 310 g/mol. The van der Waals surface area contributed by atoms with E-state index in [-0.39, 0.29) is 17.7 Å². The van der Waals surface area contributed by atoms with Crippen molar-refractivity contribution in [2.75, 3.05) is 18.8 Å². The van der Waals surface area contributed by atoms with Crippen LogP contribution in [0.15, 0.2) is 30.3 Å². The molecular weight excluding hydrogens is 284 g/mol. The molecule has 1 aromatic rings. The number of aryl methyl sites for hydroxylation is 1. The fraction of sp³-hybridized carbons (Fsp3) is 0.625. The van der Waals surface area contributed by atoms with Crippen LogP contribution in [-0.4, -0.2) is 33.3 Å². The Morgan fingerprint density at radius 1 is 1.33 bits per heavy atom. The van der Waals surface area contributed by atoms with Crippen molar-refractivity contribution in [2.45, 2.75) is 38.6 Å². The van der Waals surface area contributed by atoms with Gasteiger partial charge in [-0.25, -0.2) is 13.1 Å². The van der Waals surface area contributed by atoms with E-state index in [1.54, 1.807) is 0 Å². The summed E-state index contributed by atoms with van der Waals surface area (Å²) in [5.74, 6) is 0.493. The smallest absolute Gasteiger partial charge is 0.212 e. The van der Waals surface area contributed by atoms with Crippen LogP contribution in [0.2, 0.25) is 0 Å². The monoisotopic (exact) mass is 310 g/mol. The average Bonchev–Trinajstić information content (AvgIpc) is 2.46. The van der Waals surface area contributed by atoms with Crippen LogP contribution >= 0.6 is 0 Å². The molecule has 1 saturated heterocycles. The summed E-state index contributed by atoms with van der Waals surface area (Å²) in [4.78, 5) is 0. The maximum atomic E-state index is 12.2. The van der Waals surface area contributed by atoms with Gasteiger partial charge in [0.05, 0.1) is 5.75 Å². The minimum absolute atomic E-state index is 0.0215. The van der Waals surface area contributed by atoms with Crippen molar-refractivity contribution >= 4 is 10.0 Å². The van der Waals surface area contributed by atoms with Gasteiger partial charge in [0.15, 0.2) is 0 Å². The first-order valence-corrected chi connectivity index (χ1v) is 9.45. The predicted octanol–water partition coefficient (Wildman–Crippen LogP) is 1.93. The molecule has 0 spiro atoms. The molecule has 1 fully saturated rings. The second-order valence-corrected chi connectivity index (χ2v) is 7.84. The Morgan fingerprint density at radius 3 is 2.76 bits per heavy atom. The molecular formula is C16H26N2O2S. The Balaban J connectivity index is 1.76. The molecule has 2 rings (SSSR count). The van der Waals surface area contributed by atoms with Crippen LogP contribution < -0.4 is 10.0 Å². The highest BCUT2D eigenvalue weighted by atomic mass is 32.2. The Bertz CT molecular complexity index is 510. The highest BCUT2D eigenvalue weighted by Crippen LogP contribution is 2.13. The van der Waals surface area contributed by atoms with Crippen LogP contribution in [0.1, 0.15) is 31.7 Å². The quantitative estimate of drug-likeness (QED) is 0.809. The van der Waals surface area contributed by atoms with E-state index in [1.807, 2.05) is 25.1 Å². The molecule has 2 atom stereocenters. The van der Waals surface area contributed by atoms with Gasteiger partial charge >= 0.3 is 0 Å². The first kappa shape index (κ1) is 16.5. The number of sulfonamides is 1. The number of hydrogen-bond donors (Lipinski definition) is 2. The van der Waals surface area contributed by atoms with Gasteiger partial charge in [-0.2, -0.15) is 0 Å². The minimum atomic E-state index is -3.17. The molecule has 118 valence electrons. The SMILES string of the molecule is CC(CCc1ccccc1)NS(=O)(=O)CC1CCCNC1. The molecule has 1 aromatic carbocycles. The lowest BCUT2D eigenvalue weighted by Gasteiger charge is -2.23. The van der Waals surface area contributed by atoms with Gasteiger partial charge in [-0.1, -0.05) is 30.3 Å². The summed E-state index contributed by atoms with van der Waals surface area (Å²) in [5, 5.41) is 3.27. The lowest BCUT2D eigenvalue weighted by atomic mass is 10.0. The molecule has 0 radical (unpaired) electrons. The van der Waals surface area contributed by atoms with Crippen molar-refractivity contribution < 1.29 is 8.42 Å². The maximum absolute atomic E-state index is 12.2. The molecule has 0 saturated carbocycles. The molecule has 0 aromatic heterocycles. The zero-order valence-electron chi connectivity index (χ0n) is 12.7. The van der Waals surface area contributed by atoms with Crippen molar-refractivity contribution in [3.05, 3.63) is 35.9 Å². The van der Waals surface area contributed by atoms with Crippen molar-refractivity contribution in [2.24, 2.45) is 5.92 Å². The van der Waals surface area contributed by atoms with Crippen LogP contribution in [-0.2, 0) is 16.4 Å². The van der Waals surface area contributed by atoms with Gasteiger partial charge in [-0.3, -0.25) is 0 Å². The lowest BCUT2D eigenvalue weighted by molar-refractivity contribution is 0.401. The minimum Gasteiger partial charge on any atom is -0.316 e. The fourth-order valence-corrected chi connectivity index (χ4v) is 4.55. The number of benzene rings is 1. The molecule has 1 aliphatic rings. The highest BCUT2D eigenvalue weighted by molar-refractivity contribution is 7.89. The zero-order chi connectivity index (χ0) is 15.1. The van der Waals surface area contributed by atoms with Crippen LogP contribution in [0.4, 0.5) is 0 Å². The normalized spacial score (nSPS) is 21.1. The standard InChI is InChI=1S/C16H26N2O2S/c1-14(9-10-15-6-3-2-4-7-15)18-21(19,20)13-16-8-5-11-17-12-16/h2-4,6-7,14,16-18H,5,8-13H2,1H3. The summed E-state index contributed by atoms with van der Waals surface area (Å²) in [6, 6.07) is 10.2. The molecule has 0 amide bonds. The summed E-state index contributed by atoms with van der Waals surface area (Å²) >= 11 is 0. The predicted molar refractivity (Wildman–Crippen MR) is 86.7 cm³/mol. The third kappa shape index (κ3) is 6.16. The molecule has 0 bridgehead atoms. The Morgan fingerprint density at radius 2 is 2.10 bits per heavy atom. The third-order valence-corrected chi connectivity index (χ3v) is 5.62. The molecule has 2 unspecified atom stereocenters. The molecule has 4 nitrogen and oxygen atoms in total. The van der Waals surface area contributed by atoms with Crippen molar-refractivity contribution in [1.82, 2.24) is 10.0 Å². The van der Waals surface area contributed by atoms with Gasteiger partial charge in [0.25, 0.3) is 0 Å². The largest absolute Gasteiger partial charge is 0.316 e. The maximum Gasteiger partial charge on any atom is 0.212 e. The summed E-state index contributed by atoms with van der Waals surface area (Å²) in [5.41, 5.74) is 1.25. The highest BCUT2D eigenvalue weighted by Gasteiger charge is 2.22. The van der Waals surface area contributed by atoms with E-state index in [0.29, 0.717) is 0 Å². The zero-order valence-corrected chi connectivity index (χ0v) is 13.5. The van der Waals surface area contributed by atoms with E-state index < -0.39 is 10.0 Å². The van der Waals surface area contributed by atoms with E-state index in [2.05, 4.69) is 22.2 Å². The number of nitrogens with one attached hydrogen (secondary N) is 2.